The van der Waals surface area contributed by atoms with Gasteiger partial charge in [0, 0.05) is 24.5 Å². The molecule has 3 rings (SSSR count). The van der Waals surface area contributed by atoms with E-state index >= 15 is 0 Å². The molecule has 1 heterocycles. The lowest BCUT2D eigenvalue weighted by Crippen LogP contribution is -2.48. The largest absolute Gasteiger partial charge is 0.337 e. The van der Waals surface area contributed by atoms with Gasteiger partial charge >= 0.3 is 0 Å². The van der Waals surface area contributed by atoms with Crippen LogP contribution in [0.4, 0.5) is 0 Å². The normalized spacial score (nSPS) is 17.6. The quantitative estimate of drug-likeness (QED) is 0.655. The molecule has 1 aliphatic heterocycles. The van der Waals surface area contributed by atoms with E-state index in [0.717, 1.165) is 49.4 Å². The third-order valence-electron chi connectivity index (χ3n) is 5.47. The zero-order valence-electron chi connectivity index (χ0n) is 16.4. The van der Waals surface area contributed by atoms with E-state index in [1.54, 1.807) is 11.8 Å². The van der Waals surface area contributed by atoms with Crippen LogP contribution >= 0.6 is 11.8 Å². The van der Waals surface area contributed by atoms with Crippen molar-refractivity contribution in [2.45, 2.75) is 36.6 Å². The summed E-state index contributed by atoms with van der Waals surface area (Å²) < 4.78 is 0. The van der Waals surface area contributed by atoms with Gasteiger partial charge in [0.2, 0.25) is 0 Å². The van der Waals surface area contributed by atoms with Crippen LogP contribution in [0.2, 0.25) is 0 Å². The summed E-state index contributed by atoms with van der Waals surface area (Å²) >= 11 is 1.64. The van der Waals surface area contributed by atoms with Crippen LogP contribution in [0.25, 0.3) is 0 Å². The van der Waals surface area contributed by atoms with Gasteiger partial charge in [-0.1, -0.05) is 42.5 Å². The van der Waals surface area contributed by atoms with Crippen molar-refractivity contribution < 1.29 is 4.79 Å². The Kier molecular flexibility index (Phi) is 7.36. The Morgan fingerprint density at radius 2 is 1.89 bits per heavy atom. The van der Waals surface area contributed by atoms with Crippen LogP contribution < -0.4 is 0 Å². The maximum Gasteiger partial charge on any atom is 0.255 e. The molecule has 0 bridgehead atoms. The highest BCUT2D eigenvalue weighted by atomic mass is 32.2. The van der Waals surface area contributed by atoms with Crippen molar-refractivity contribution in [1.29, 1.82) is 0 Å². The Balaban J connectivity index is 1.54. The van der Waals surface area contributed by atoms with Crippen molar-refractivity contribution in [1.82, 2.24) is 9.80 Å². The van der Waals surface area contributed by atoms with Gasteiger partial charge in [0.1, 0.15) is 0 Å². The maximum atomic E-state index is 13.0. The van der Waals surface area contributed by atoms with Gasteiger partial charge in [0.15, 0.2) is 0 Å². The molecular weight excluding hydrogens is 352 g/mol. The van der Waals surface area contributed by atoms with E-state index < -0.39 is 0 Å². The number of rotatable bonds is 7. The SMILES string of the molecule is CSc1ccccc1C(=O)N(C)[C@@H]1CCCN(CCCc2ccccc2)C1. The molecule has 0 aliphatic carbocycles. The van der Waals surface area contributed by atoms with Crippen molar-refractivity contribution in [3.8, 4) is 0 Å². The molecule has 1 saturated heterocycles. The summed E-state index contributed by atoms with van der Waals surface area (Å²) in [6.07, 6.45) is 6.58. The average Bonchev–Trinajstić information content (AvgIpc) is 2.73. The molecule has 0 aromatic heterocycles. The number of hydrogen-bond donors (Lipinski definition) is 0. The lowest BCUT2D eigenvalue weighted by Gasteiger charge is -2.38. The molecule has 0 saturated carbocycles. The Morgan fingerprint density at radius 1 is 1.15 bits per heavy atom. The monoisotopic (exact) mass is 382 g/mol. The molecule has 2 aromatic carbocycles. The van der Waals surface area contributed by atoms with Crippen molar-refractivity contribution >= 4 is 17.7 Å². The lowest BCUT2D eigenvalue weighted by molar-refractivity contribution is 0.0613. The number of nitrogens with zero attached hydrogens (tertiary/aromatic N) is 2. The van der Waals surface area contributed by atoms with Gasteiger partial charge in [-0.05, 0) is 62.7 Å². The van der Waals surface area contributed by atoms with Crippen LogP contribution in [-0.4, -0.2) is 54.7 Å². The van der Waals surface area contributed by atoms with Crippen LogP contribution in [0.15, 0.2) is 59.5 Å². The first-order chi connectivity index (χ1) is 13.2. The van der Waals surface area contributed by atoms with Crippen molar-refractivity contribution in [2.24, 2.45) is 0 Å². The molecule has 27 heavy (non-hydrogen) atoms. The van der Waals surface area contributed by atoms with Crippen LogP contribution in [0.1, 0.15) is 35.2 Å². The van der Waals surface area contributed by atoms with Crippen LogP contribution in [-0.2, 0) is 6.42 Å². The molecule has 3 nitrogen and oxygen atoms in total. The predicted molar refractivity (Wildman–Crippen MR) is 115 cm³/mol. The smallest absolute Gasteiger partial charge is 0.255 e. The minimum absolute atomic E-state index is 0.149. The van der Waals surface area contributed by atoms with Gasteiger partial charge in [0.05, 0.1) is 5.56 Å². The number of benzene rings is 2. The van der Waals surface area contributed by atoms with E-state index in [-0.39, 0.29) is 5.91 Å². The number of carbonyl (C=O) groups is 1. The molecular formula is C23H30N2OS. The summed E-state index contributed by atoms with van der Waals surface area (Å²) in [5, 5.41) is 0. The number of hydrogen-bond acceptors (Lipinski definition) is 3. The standard InChI is InChI=1S/C23H30N2OS/c1-24(23(26)21-14-6-7-15-22(21)27-2)20-13-9-17-25(18-20)16-8-12-19-10-4-3-5-11-19/h3-7,10-11,14-15,20H,8-9,12-13,16-18H2,1-2H3/t20-/m1/s1. The average molecular weight is 383 g/mol. The topological polar surface area (TPSA) is 23.6 Å². The highest BCUT2D eigenvalue weighted by Crippen LogP contribution is 2.23. The minimum atomic E-state index is 0.149. The number of piperidine rings is 1. The Hall–Kier alpha value is -1.78. The number of thioether (sulfide) groups is 1. The molecule has 144 valence electrons. The first-order valence-electron chi connectivity index (χ1n) is 9.85. The highest BCUT2D eigenvalue weighted by molar-refractivity contribution is 7.98. The molecule has 1 aliphatic rings. The summed E-state index contributed by atoms with van der Waals surface area (Å²) in [5.41, 5.74) is 2.24. The fourth-order valence-electron chi connectivity index (χ4n) is 3.88. The summed E-state index contributed by atoms with van der Waals surface area (Å²) in [6, 6.07) is 18.9. The van der Waals surface area contributed by atoms with Crippen molar-refractivity contribution in [2.75, 3.05) is 32.9 Å². The van der Waals surface area contributed by atoms with Crippen molar-refractivity contribution in [3.05, 3.63) is 65.7 Å². The van der Waals surface area contributed by atoms with E-state index in [9.17, 15) is 4.79 Å². The first kappa shape index (κ1) is 20.0. The zero-order chi connectivity index (χ0) is 19.1. The lowest BCUT2D eigenvalue weighted by atomic mass is 10.0. The van der Waals surface area contributed by atoms with Crippen LogP contribution in [0.5, 0.6) is 0 Å². The molecule has 1 fully saturated rings. The fourth-order valence-corrected chi connectivity index (χ4v) is 4.47. The van der Waals surface area contributed by atoms with Gasteiger partial charge in [-0.25, -0.2) is 0 Å². The number of aryl methyl sites for hydroxylation is 1. The molecule has 1 atom stereocenters. The van der Waals surface area contributed by atoms with Crippen molar-refractivity contribution in [3.63, 3.8) is 0 Å². The zero-order valence-corrected chi connectivity index (χ0v) is 17.3. The van der Waals surface area contributed by atoms with E-state index in [1.165, 1.54) is 12.0 Å². The van der Waals surface area contributed by atoms with Gasteiger partial charge in [-0.3, -0.25) is 4.79 Å². The molecule has 2 aromatic rings. The number of amides is 1. The van der Waals surface area contributed by atoms with Gasteiger partial charge < -0.3 is 9.80 Å². The van der Waals surface area contributed by atoms with Crippen LogP contribution in [0, 0.1) is 0 Å². The summed E-state index contributed by atoms with van der Waals surface area (Å²) in [7, 11) is 1.97. The molecule has 4 heteroatoms. The fraction of sp³-hybridized carbons (Fsp3) is 0.435. The van der Waals surface area contributed by atoms with Gasteiger partial charge in [0.25, 0.3) is 5.91 Å². The predicted octanol–water partition coefficient (Wildman–Crippen LogP) is 4.58. The molecule has 0 N–H and O–H groups in total. The van der Waals surface area contributed by atoms with E-state index in [1.807, 2.05) is 42.5 Å². The summed E-state index contributed by atoms with van der Waals surface area (Å²) in [4.78, 5) is 18.6. The maximum absolute atomic E-state index is 13.0. The second kappa shape index (κ2) is 9.95. The third-order valence-corrected chi connectivity index (χ3v) is 6.26. The second-order valence-corrected chi connectivity index (χ2v) is 8.15. The Bertz CT molecular complexity index is 734. The summed E-state index contributed by atoms with van der Waals surface area (Å²) in [5.74, 6) is 0.149. The van der Waals surface area contributed by atoms with E-state index in [0.29, 0.717) is 6.04 Å². The highest BCUT2D eigenvalue weighted by Gasteiger charge is 2.27. The molecule has 0 radical (unpaired) electrons. The van der Waals surface area contributed by atoms with Gasteiger partial charge in [-0.15, -0.1) is 11.8 Å². The molecule has 1 amide bonds. The molecule has 0 spiro atoms. The minimum Gasteiger partial charge on any atom is -0.337 e. The first-order valence-corrected chi connectivity index (χ1v) is 11.1. The van der Waals surface area contributed by atoms with E-state index in [4.69, 9.17) is 0 Å². The number of likely N-dealkylation sites (N-methyl/N-ethyl adjacent to an activating group) is 1. The van der Waals surface area contributed by atoms with E-state index in [2.05, 4.69) is 35.2 Å². The van der Waals surface area contributed by atoms with Gasteiger partial charge in [-0.2, -0.15) is 0 Å². The second-order valence-electron chi connectivity index (χ2n) is 7.30. The number of likely N-dealkylation sites (tertiary alicyclic amines) is 1. The Labute approximate surface area is 167 Å². The number of carbonyl (C=O) groups excluding carboxylic acids is 1. The summed E-state index contributed by atoms with van der Waals surface area (Å²) in [6.45, 7) is 3.24. The Morgan fingerprint density at radius 3 is 2.67 bits per heavy atom. The van der Waals surface area contributed by atoms with Crippen LogP contribution in [0.3, 0.4) is 0 Å². The molecule has 0 unspecified atom stereocenters. The third kappa shape index (κ3) is 5.36.